The molecule has 2 aliphatic carbocycles. The first-order chi connectivity index (χ1) is 16.0. The van der Waals surface area contributed by atoms with Crippen LogP contribution in [0, 0.1) is 17.8 Å². The summed E-state index contributed by atoms with van der Waals surface area (Å²) in [5.74, 6) is 2.88. The van der Waals surface area contributed by atoms with Crippen LogP contribution in [0.15, 0.2) is 29.3 Å². The van der Waals surface area contributed by atoms with Crippen LogP contribution in [0.5, 0.6) is 17.2 Å². The van der Waals surface area contributed by atoms with E-state index in [1.165, 1.54) is 0 Å². The van der Waals surface area contributed by atoms with Crippen molar-refractivity contribution in [1.29, 1.82) is 0 Å². The molecule has 0 saturated heterocycles. The summed E-state index contributed by atoms with van der Waals surface area (Å²) in [6.45, 7) is 0. The van der Waals surface area contributed by atoms with Gasteiger partial charge in [0.1, 0.15) is 11.5 Å². The van der Waals surface area contributed by atoms with Gasteiger partial charge in [-0.1, -0.05) is 12.2 Å². The Kier molecular flexibility index (Phi) is 5.39. The highest BCUT2D eigenvalue weighted by Crippen LogP contribution is 2.46. The standard InChI is InChI=1S/C24H27N5O4/c1-31-16-8-12(9-17(32-2)22(16)33-3)10-18-27-15-6-7-26-21(15)24(28-18)29-20-14-5-4-13(11-14)19(20)23(25)30/h4-5,7-9,13-14,19-20H,6,10-11H2,1-3H3,(H2,25,30)(H,27,28,29). The average Bonchev–Trinajstić information content (AvgIpc) is 3.54. The minimum absolute atomic E-state index is 0.0960. The van der Waals surface area contributed by atoms with Gasteiger partial charge in [0.05, 0.1) is 32.9 Å². The zero-order chi connectivity index (χ0) is 23.1. The minimum atomic E-state index is -0.281. The van der Waals surface area contributed by atoms with Gasteiger partial charge < -0.3 is 25.3 Å². The topological polar surface area (TPSA) is 121 Å². The average molecular weight is 450 g/mol. The first kappa shape index (κ1) is 21.2. The van der Waals surface area contributed by atoms with E-state index in [1.807, 2.05) is 18.3 Å². The molecule has 4 atom stereocenters. The Morgan fingerprint density at radius 2 is 1.82 bits per heavy atom. The Balaban J connectivity index is 1.47. The van der Waals surface area contributed by atoms with Crippen molar-refractivity contribution in [2.24, 2.45) is 28.5 Å². The fraction of sp³-hybridized carbons (Fsp3) is 0.417. The zero-order valence-electron chi connectivity index (χ0n) is 18.9. The van der Waals surface area contributed by atoms with Crippen molar-refractivity contribution in [2.75, 3.05) is 26.6 Å². The molecular weight excluding hydrogens is 422 g/mol. The Hall–Kier alpha value is -3.62. The SMILES string of the molecule is COc1cc(Cc2nc3c(c(NC4C5C=CC(C5)C4C(N)=O)n2)N=CC3)cc(OC)c1OC. The van der Waals surface area contributed by atoms with E-state index in [0.717, 1.165) is 23.4 Å². The molecule has 9 heteroatoms. The number of allylic oxidation sites excluding steroid dienone is 1. The molecule has 1 aliphatic heterocycles. The second-order valence-corrected chi connectivity index (χ2v) is 8.56. The third-order valence-corrected chi connectivity index (χ3v) is 6.69. The molecule has 3 N–H and O–H groups in total. The lowest BCUT2D eigenvalue weighted by molar-refractivity contribution is -0.122. The number of fused-ring (bicyclic) bond motifs is 3. The highest BCUT2D eigenvalue weighted by Gasteiger charge is 2.47. The number of hydrogen-bond donors (Lipinski definition) is 2. The van der Waals surface area contributed by atoms with Crippen LogP contribution >= 0.6 is 0 Å². The fourth-order valence-corrected chi connectivity index (χ4v) is 5.22. The number of primary amides is 1. The number of nitrogens with zero attached hydrogens (tertiary/aromatic N) is 3. The van der Waals surface area contributed by atoms with Crippen LogP contribution in [0.2, 0.25) is 0 Å². The molecule has 5 rings (SSSR count). The smallest absolute Gasteiger partial charge is 0.223 e. The van der Waals surface area contributed by atoms with Crippen LogP contribution in [0.3, 0.4) is 0 Å². The number of carbonyl (C=O) groups excluding carboxylic acids is 1. The number of hydrogen-bond acceptors (Lipinski definition) is 8. The number of rotatable bonds is 8. The van der Waals surface area contributed by atoms with Gasteiger partial charge in [-0.25, -0.2) is 9.97 Å². The van der Waals surface area contributed by atoms with Crippen LogP contribution in [0.25, 0.3) is 0 Å². The summed E-state index contributed by atoms with van der Waals surface area (Å²) in [5.41, 5.74) is 8.27. The van der Waals surface area contributed by atoms with Crippen LogP contribution in [-0.2, 0) is 17.6 Å². The molecule has 4 unspecified atom stereocenters. The quantitative estimate of drug-likeness (QED) is 0.594. The number of benzene rings is 1. The van der Waals surface area contributed by atoms with Gasteiger partial charge in [-0.05, 0) is 36.0 Å². The third-order valence-electron chi connectivity index (χ3n) is 6.69. The van der Waals surface area contributed by atoms with Crippen molar-refractivity contribution >= 4 is 23.6 Å². The normalized spacial score (nSPS) is 24.1. The Bertz CT molecular complexity index is 1140. The van der Waals surface area contributed by atoms with E-state index in [-0.39, 0.29) is 29.7 Å². The lowest BCUT2D eigenvalue weighted by atomic mass is 9.88. The molecule has 1 aromatic heterocycles. The van der Waals surface area contributed by atoms with Gasteiger partial charge in [0.25, 0.3) is 0 Å². The fourth-order valence-electron chi connectivity index (χ4n) is 5.22. The van der Waals surface area contributed by atoms with Crippen LogP contribution < -0.4 is 25.3 Å². The summed E-state index contributed by atoms with van der Waals surface area (Å²) < 4.78 is 16.4. The van der Waals surface area contributed by atoms with Gasteiger partial charge in [-0.15, -0.1) is 0 Å². The summed E-state index contributed by atoms with van der Waals surface area (Å²) in [7, 11) is 4.75. The number of carbonyl (C=O) groups is 1. The van der Waals surface area contributed by atoms with Gasteiger partial charge in [-0.2, -0.15) is 0 Å². The van der Waals surface area contributed by atoms with Crippen LogP contribution in [-0.4, -0.2) is 49.5 Å². The zero-order valence-corrected chi connectivity index (χ0v) is 18.9. The molecule has 172 valence electrons. The molecule has 1 fully saturated rings. The number of amides is 1. The molecule has 1 amide bonds. The number of aliphatic imine (C=N–C) groups is 1. The van der Waals surface area contributed by atoms with E-state index in [1.54, 1.807) is 21.3 Å². The predicted octanol–water partition coefficient (Wildman–Crippen LogP) is 2.44. The Morgan fingerprint density at radius 1 is 1.09 bits per heavy atom. The molecule has 2 bridgehead atoms. The number of nitrogens with one attached hydrogen (secondary N) is 1. The maximum atomic E-state index is 12.2. The van der Waals surface area contributed by atoms with Crippen molar-refractivity contribution in [3.8, 4) is 17.2 Å². The number of aromatic nitrogens is 2. The second kappa shape index (κ2) is 8.38. The summed E-state index contributed by atoms with van der Waals surface area (Å²) >= 11 is 0. The minimum Gasteiger partial charge on any atom is -0.493 e. The van der Waals surface area contributed by atoms with E-state index in [2.05, 4.69) is 22.5 Å². The number of anilines is 1. The van der Waals surface area contributed by atoms with E-state index in [0.29, 0.717) is 41.7 Å². The third kappa shape index (κ3) is 3.67. The highest BCUT2D eigenvalue weighted by molar-refractivity contribution is 5.82. The maximum Gasteiger partial charge on any atom is 0.223 e. The van der Waals surface area contributed by atoms with Crippen LogP contribution in [0.4, 0.5) is 11.5 Å². The van der Waals surface area contributed by atoms with E-state index < -0.39 is 0 Å². The predicted molar refractivity (Wildman–Crippen MR) is 124 cm³/mol. The molecule has 0 spiro atoms. The lowest BCUT2D eigenvalue weighted by Gasteiger charge is -2.27. The largest absolute Gasteiger partial charge is 0.493 e. The monoisotopic (exact) mass is 449 g/mol. The van der Waals surface area contributed by atoms with Crippen molar-refractivity contribution in [3.05, 3.63) is 41.4 Å². The van der Waals surface area contributed by atoms with Crippen molar-refractivity contribution in [3.63, 3.8) is 0 Å². The number of ether oxygens (including phenoxy) is 3. The highest BCUT2D eigenvalue weighted by atomic mass is 16.5. The van der Waals surface area contributed by atoms with E-state index in [9.17, 15) is 4.79 Å². The summed E-state index contributed by atoms with van der Waals surface area (Å²) in [6.07, 6.45) is 8.15. The molecular formula is C24H27N5O4. The summed E-state index contributed by atoms with van der Waals surface area (Å²) in [4.78, 5) is 26.2. The van der Waals surface area contributed by atoms with Gasteiger partial charge in [-0.3, -0.25) is 9.79 Å². The summed E-state index contributed by atoms with van der Waals surface area (Å²) in [5, 5.41) is 3.51. The van der Waals surface area contributed by atoms with Gasteiger partial charge in [0.2, 0.25) is 11.7 Å². The molecule has 2 heterocycles. The van der Waals surface area contributed by atoms with Crippen molar-refractivity contribution < 1.29 is 19.0 Å². The van der Waals surface area contributed by atoms with Gasteiger partial charge >= 0.3 is 0 Å². The van der Waals surface area contributed by atoms with E-state index >= 15 is 0 Å². The first-order valence-corrected chi connectivity index (χ1v) is 11.0. The lowest BCUT2D eigenvalue weighted by Crippen LogP contribution is -2.41. The maximum absolute atomic E-state index is 12.2. The van der Waals surface area contributed by atoms with Crippen molar-refractivity contribution in [1.82, 2.24) is 9.97 Å². The first-order valence-electron chi connectivity index (χ1n) is 11.0. The molecule has 3 aliphatic rings. The van der Waals surface area contributed by atoms with Crippen LogP contribution in [0.1, 0.15) is 23.5 Å². The van der Waals surface area contributed by atoms with Gasteiger partial charge in [0, 0.05) is 25.1 Å². The van der Waals surface area contributed by atoms with E-state index in [4.69, 9.17) is 29.9 Å². The molecule has 1 aromatic carbocycles. The molecule has 33 heavy (non-hydrogen) atoms. The Morgan fingerprint density at radius 3 is 2.48 bits per heavy atom. The molecule has 9 nitrogen and oxygen atoms in total. The molecule has 1 saturated carbocycles. The molecule has 2 aromatic rings. The number of methoxy groups -OCH3 is 3. The Labute approximate surface area is 192 Å². The van der Waals surface area contributed by atoms with Gasteiger partial charge in [0.15, 0.2) is 17.3 Å². The second-order valence-electron chi connectivity index (χ2n) is 8.56. The van der Waals surface area contributed by atoms with Crippen molar-refractivity contribution in [2.45, 2.75) is 25.3 Å². The number of nitrogens with two attached hydrogens (primary N) is 1. The summed E-state index contributed by atoms with van der Waals surface area (Å²) in [6, 6.07) is 3.69. The molecule has 0 radical (unpaired) electrons.